The zero-order chi connectivity index (χ0) is 21.7. The van der Waals surface area contributed by atoms with E-state index < -0.39 is 52.5 Å². The van der Waals surface area contributed by atoms with Gasteiger partial charge in [-0.1, -0.05) is 25.5 Å². The van der Waals surface area contributed by atoms with Gasteiger partial charge in [0.05, 0.1) is 12.2 Å². The summed E-state index contributed by atoms with van der Waals surface area (Å²) in [4.78, 5) is 13.2. The summed E-state index contributed by atoms with van der Waals surface area (Å²) in [6, 6.07) is 0. The van der Waals surface area contributed by atoms with Gasteiger partial charge in [-0.2, -0.15) is 0 Å². The lowest BCUT2D eigenvalue weighted by Crippen LogP contribution is -2.70. The van der Waals surface area contributed by atoms with Crippen molar-refractivity contribution in [3.05, 3.63) is 11.6 Å². The molecule has 0 aromatic heterocycles. The fourth-order valence-corrected chi connectivity index (χ4v) is 8.47. The highest BCUT2D eigenvalue weighted by atomic mass is 19.1. The maximum Gasteiger partial charge on any atom is 0.193 e. The summed E-state index contributed by atoms with van der Waals surface area (Å²) in [7, 11) is 0. The molecule has 0 bridgehead atoms. The molecule has 30 heavy (non-hydrogen) atoms. The van der Waals surface area contributed by atoms with Crippen LogP contribution in [0.5, 0.6) is 0 Å². The van der Waals surface area contributed by atoms with Gasteiger partial charge >= 0.3 is 0 Å². The molecule has 5 rings (SSSR count). The standard InChI is InChI=1S/C24H35FO5/c1-20(2)29-19-11-16-15-9-8-14-7-5-6-10-21(14,3)23(15,25)17(27)12-22(16,4)24(19,30-20)18(28)13-26/h7,15-17,19,26-27H,5-6,8-13H2,1-4H3/t15-,16-,17-,19+,21-,22-,23-,24+/m0/s1. The number of fused-ring (bicyclic) bond motifs is 7. The molecule has 4 aliphatic carbocycles. The summed E-state index contributed by atoms with van der Waals surface area (Å²) in [5.41, 5.74) is -3.37. The Kier molecular flexibility index (Phi) is 4.32. The first-order valence-electron chi connectivity index (χ1n) is 11.5. The molecule has 0 radical (unpaired) electrons. The lowest BCUT2D eigenvalue weighted by atomic mass is 9.44. The van der Waals surface area contributed by atoms with E-state index in [4.69, 9.17) is 9.47 Å². The molecule has 6 heteroatoms. The minimum absolute atomic E-state index is 0.134. The molecule has 0 amide bonds. The largest absolute Gasteiger partial charge is 0.390 e. The minimum Gasteiger partial charge on any atom is -0.390 e. The maximum atomic E-state index is 17.2. The van der Waals surface area contributed by atoms with E-state index in [0.717, 1.165) is 31.3 Å². The monoisotopic (exact) mass is 422 g/mol. The third kappa shape index (κ3) is 2.19. The summed E-state index contributed by atoms with van der Waals surface area (Å²) in [5, 5.41) is 21.3. The van der Waals surface area contributed by atoms with E-state index in [1.807, 2.05) is 13.8 Å². The maximum absolute atomic E-state index is 17.2. The van der Waals surface area contributed by atoms with Crippen LogP contribution in [0.15, 0.2) is 11.6 Å². The van der Waals surface area contributed by atoms with Crippen LogP contribution in [0.1, 0.15) is 72.6 Å². The van der Waals surface area contributed by atoms with Crippen LogP contribution in [0, 0.1) is 22.7 Å². The van der Waals surface area contributed by atoms with Gasteiger partial charge in [0.1, 0.15) is 12.3 Å². The number of ether oxygens (including phenoxy) is 2. The molecule has 1 saturated heterocycles. The molecule has 3 saturated carbocycles. The number of ketones is 1. The van der Waals surface area contributed by atoms with Crippen molar-refractivity contribution in [2.45, 2.75) is 102 Å². The van der Waals surface area contributed by atoms with E-state index in [1.54, 1.807) is 13.8 Å². The molecule has 0 spiro atoms. The van der Waals surface area contributed by atoms with Gasteiger partial charge in [-0.05, 0) is 64.7 Å². The fourth-order valence-electron chi connectivity index (χ4n) is 8.47. The molecule has 8 atom stereocenters. The molecule has 0 aromatic carbocycles. The average molecular weight is 423 g/mol. The van der Waals surface area contributed by atoms with Crippen molar-refractivity contribution in [2.24, 2.45) is 22.7 Å². The van der Waals surface area contributed by atoms with E-state index in [-0.39, 0.29) is 18.3 Å². The normalized spacial score (nSPS) is 53.9. The number of hydrogen-bond donors (Lipinski definition) is 2. The average Bonchev–Trinajstić information content (AvgIpc) is 3.08. The van der Waals surface area contributed by atoms with Crippen molar-refractivity contribution in [3.8, 4) is 0 Å². The van der Waals surface area contributed by atoms with Gasteiger partial charge in [0.2, 0.25) is 0 Å². The van der Waals surface area contributed by atoms with Gasteiger partial charge in [0.15, 0.2) is 17.2 Å². The molecule has 0 aromatic rings. The van der Waals surface area contributed by atoms with Crippen molar-refractivity contribution < 1.29 is 28.9 Å². The van der Waals surface area contributed by atoms with Crippen LogP contribution in [0.4, 0.5) is 4.39 Å². The number of rotatable bonds is 2. The Hall–Kier alpha value is -0.820. The van der Waals surface area contributed by atoms with Crippen LogP contribution >= 0.6 is 0 Å². The van der Waals surface area contributed by atoms with Crippen LogP contribution in [0.3, 0.4) is 0 Å². The van der Waals surface area contributed by atoms with Crippen molar-refractivity contribution in [1.29, 1.82) is 0 Å². The third-order valence-corrected chi connectivity index (χ3v) is 9.66. The number of carbonyl (C=O) groups is 1. The number of aliphatic hydroxyl groups excluding tert-OH is 2. The zero-order valence-corrected chi connectivity index (χ0v) is 18.5. The molecule has 1 heterocycles. The number of Topliss-reactive ketones (excluding diaryl/α,β-unsaturated/α-hetero) is 1. The van der Waals surface area contributed by atoms with Crippen LogP contribution in [0.2, 0.25) is 0 Å². The number of aliphatic hydroxyl groups is 2. The SMILES string of the molecule is CC1(C)O[C@@H]2C[C@H]3[C@@H]4CCC5=CCCC[C@]5(C)[C@@]4(F)[C@@H](O)C[C@]3(C)[C@]2(C(=O)CO)O1. The number of allylic oxidation sites excluding steroid dienone is 2. The Bertz CT molecular complexity index is 809. The predicted molar refractivity (Wildman–Crippen MR) is 108 cm³/mol. The predicted octanol–water partition coefficient (Wildman–Crippen LogP) is 3.46. The first kappa shape index (κ1) is 21.0. The van der Waals surface area contributed by atoms with Crippen molar-refractivity contribution in [2.75, 3.05) is 6.61 Å². The molecule has 168 valence electrons. The second kappa shape index (κ2) is 6.15. The number of halogens is 1. The molecule has 5 aliphatic rings. The van der Waals surface area contributed by atoms with E-state index in [9.17, 15) is 15.0 Å². The summed E-state index contributed by atoms with van der Waals surface area (Å²) < 4.78 is 29.6. The Balaban J connectivity index is 1.63. The van der Waals surface area contributed by atoms with Gasteiger partial charge < -0.3 is 19.7 Å². The molecular formula is C24H35FO5. The Morgan fingerprint density at radius 1 is 1.27 bits per heavy atom. The van der Waals surface area contributed by atoms with Gasteiger partial charge in [-0.15, -0.1) is 0 Å². The second-order valence-electron chi connectivity index (χ2n) is 11.3. The topological polar surface area (TPSA) is 76.0 Å². The van der Waals surface area contributed by atoms with Gasteiger partial charge in [-0.3, -0.25) is 4.79 Å². The second-order valence-corrected chi connectivity index (χ2v) is 11.3. The molecule has 2 N–H and O–H groups in total. The van der Waals surface area contributed by atoms with Crippen LogP contribution < -0.4 is 0 Å². The van der Waals surface area contributed by atoms with Gasteiger partial charge in [0.25, 0.3) is 0 Å². The molecular weight excluding hydrogens is 387 g/mol. The summed E-state index contributed by atoms with van der Waals surface area (Å²) in [6.45, 7) is 6.85. The number of carbonyl (C=O) groups excluding carboxylic acids is 1. The molecule has 5 nitrogen and oxygen atoms in total. The highest BCUT2D eigenvalue weighted by molar-refractivity contribution is 5.91. The fraction of sp³-hybridized carbons (Fsp3) is 0.875. The Morgan fingerprint density at radius 3 is 2.70 bits per heavy atom. The minimum atomic E-state index is -1.72. The summed E-state index contributed by atoms with van der Waals surface area (Å²) >= 11 is 0. The highest BCUT2D eigenvalue weighted by Gasteiger charge is 2.79. The van der Waals surface area contributed by atoms with E-state index in [0.29, 0.717) is 12.8 Å². The van der Waals surface area contributed by atoms with Crippen LogP contribution in [-0.4, -0.2) is 51.9 Å². The molecule has 4 fully saturated rings. The van der Waals surface area contributed by atoms with Crippen molar-refractivity contribution in [1.82, 2.24) is 0 Å². The number of hydrogen-bond acceptors (Lipinski definition) is 5. The summed E-state index contributed by atoms with van der Waals surface area (Å²) in [6.07, 6.45) is 5.28. The summed E-state index contributed by atoms with van der Waals surface area (Å²) in [5.74, 6) is -1.89. The molecule has 1 aliphatic heterocycles. The van der Waals surface area contributed by atoms with Gasteiger partial charge in [-0.25, -0.2) is 4.39 Å². The van der Waals surface area contributed by atoms with Crippen molar-refractivity contribution >= 4 is 5.78 Å². The van der Waals surface area contributed by atoms with Crippen LogP contribution in [-0.2, 0) is 14.3 Å². The van der Waals surface area contributed by atoms with Crippen LogP contribution in [0.25, 0.3) is 0 Å². The van der Waals surface area contributed by atoms with E-state index in [1.165, 1.54) is 0 Å². The zero-order valence-electron chi connectivity index (χ0n) is 18.5. The lowest BCUT2D eigenvalue weighted by molar-refractivity contribution is -0.251. The number of alkyl halides is 1. The smallest absolute Gasteiger partial charge is 0.193 e. The first-order chi connectivity index (χ1) is 14.0. The molecule has 0 unspecified atom stereocenters. The van der Waals surface area contributed by atoms with Crippen molar-refractivity contribution in [3.63, 3.8) is 0 Å². The van der Waals surface area contributed by atoms with Gasteiger partial charge in [0, 0.05) is 16.7 Å². The first-order valence-corrected chi connectivity index (χ1v) is 11.5. The highest BCUT2D eigenvalue weighted by Crippen LogP contribution is 2.72. The quantitative estimate of drug-likeness (QED) is 0.667. The third-order valence-electron chi connectivity index (χ3n) is 9.66. The van der Waals surface area contributed by atoms with E-state index >= 15 is 4.39 Å². The lowest BCUT2D eigenvalue weighted by Gasteiger charge is -2.63. The van der Waals surface area contributed by atoms with E-state index in [2.05, 4.69) is 6.08 Å². The Morgan fingerprint density at radius 2 is 2.00 bits per heavy atom. The Labute approximate surface area is 178 Å².